The van der Waals surface area contributed by atoms with Gasteiger partial charge in [-0.05, 0) is 31.5 Å². The Kier molecular flexibility index (Phi) is 4.04. The van der Waals surface area contributed by atoms with Crippen molar-refractivity contribution < 1.29 is 14.3 Å². The van der Waals surface area contributed by atoms with Gasteiger partial charge in [-0.3, -0.25) is 0 Å². The van der Waals surface area contributed by atoms with Gasteiger partial charge in [0.2, 0.25) is 0 Å². The molecule has 19 heavy (non-hydrogen) atoms. The summed E-state index contributed by atoms with van der Waals surface area (Å²) in [7, 11) is 0. The van der Waals surface area contributed by atoms with Gasteiger partial charge in [-0.1, -0.05) is 13.3 Å². The molecule has 0 aliphatic carbocycles. The molecule has 0 atom stereocenters. The van der Waals surface area contributed by atoms with E-state index in [4.69, 9.17) is 9.52 Å². The highest BCUT2D eigenvalue weighted by Gasteiger charge is 2.13. The molecule has 1 aromatic carbocycles. The van der Waals surface area contributed by atoms with Crippen molar-refractivity contribution in [2.75, 3.05) is 18.0 Å². The largest absolute Gasteiger partial charge is 0.478 e. The van der Waals surface area contributed by atoms with Crippen LogP contribution in [0, 0.1) is 0 Å². The van der Waals surface area contributed by atoms with Gasteiger partial charge >= 0.3 is 5.97 Å². The standard InChI is InChI=1S/C14H18N2O3/c1-3-5-8-16(4-2)14-15-11-7-6-10(13(17)18)9-12(11)19-14/h6-7,9H,3-5,8H2,1-2H3,(H,17,18). The lowest BCUT2D eigenvalue weighted by atomic mass is 10.2. The first kappa shape index (κ1) is 13.4. The van der Waals surface area contributed by atoms with Crippen molar-refractivity contribution in [1.29, 1.82) is 0 Å². The van der Waals surface area contributed by atoms with E-state index in [0.717, 1.165) is 25.9 Å². The van der Waals surface area contributed by atoms with Crippen molar-refractivity contribution in [2.45, 2.75) is 26.7 Å². The number of nitrogens with zero attached hydrogens (tertiary/aromatic N) is 2. The Bertz CT molecular complexity index is 577. The van der Waals surface area contributed by atoms with Crippen LogP contribution in [0.15, 0.2) is 22.6 Å². The zero-order valence-electron chi connectivity index (χ0n) is 11.2. The molecule has 5 nitrogen and oxygen atoms in total. The van der Waals surface area contributed by atoms with Gasteiger partial charge in [0.05, 0.1) is 5.56 Å². The molecule has 0 spiro atoms. The fourth-order valence-corrected chi connectivity index (χ4v) is 1.92. The van der Waals surface area contributed by atoms with E-state index in [2.05, 4.69) is 16.8 Å². The van der Waals surface area contributed by atoms with Gasteiger partial charge in [-0.25, -0.2) is 4.79 Å². The molecule has 0 aliphatic heterocycles. The summed E-state index contributed by atoms with van der Waals surface area (Å²) in [5, 5.41) is 8.95. The number of carbonyl (C=O) groups is 1. The summed E-state index contributed by atoms with van der Waals surface area (Å²) in [6.45, 7) is 5.90. The maximum atomic E-state index is 10.9. The molecule has 1 heterocycles. The molecule has 0 unspecified atom stereocenters. The molecule has 0 saturated carbocycles. The number of aromatic carboxylic acids is 1. The zero-order valence-corrected chi connectivity index (χ0v) is 11.2. The van der Waals surface area contributed by atoms with Crippen LogP contribution in [0.3, 0.4) is 0 Å². The molecule has 0 aliphatic rings. The molecule has 1 N–H and O–H groups in total. The second kappa shape index (κ2) is 5.73. The van der Waals surface area contributed by atoms with Gasteiger partial charge in [-0.15, -0.1) is 0 Å². The van der Waals surface area contributed by atoms with Crippen LogP contribution < -0.4 is 4.90 Å². The van der Waals surface area contributed by atoms with E-state index in [1.807, 2.05) is 6.92 Å². The summed E-state index contributed by atoms with van der Waals surface area (Å²) < 4.78 is 5.66. The van der Waals surface area contributed by atoms with Crippen LogP contribution in [0.4, 0.5) is 6.01 Å². The van der Waals surface area contributed by atoms with Gasteiger partial charge in [0.1, 0.15) is 5.52 Å². The zero-order chi connectivity index (χ0) is 13.8. The normalized spacial score (nSPS) is 10.8. The SMILES string of the molecule is CCCCN(CC)c1nc2ccc(C(=O)O)cc2o1. The number of rotatable bonds is 6. The second-order valence-electron chi connectivity index (χ2n) is 4.42. The van der Waals surface area contributed by atoms with E-state index in [1.165, 1.54) is 6.07 Å². The Morgan fingerprint density at radius 3 is 2.84 bits per heavy atom. The molecule has 0 fully saturated rings. The van der Waals surface area contributed by atoms with Gasteiger partial charge in [-0.2, -0.15) is 4.98 Å². The first-order valence-electron chi connectivity index (χ1n) is 6.54. The van der Waals surface area contributed by atoms with E-state index in [1.54, 1.807) is 12.1 Å². The predicted molar refractivity (Wildman–Crippen MR) is 73.8 cm³/mol. The highest BCUT2D eigenvalue weighted by atomic mass is 16.4. The first-order chi connectivity index (χ1) is 9.15. The van der Waals surface area contributed by atoms with Crippen LogP contribution >= 0.6 is 0 Å². The van der Waals surface area contributed by atoms with Crippen molar-refractivity contribution >= 4 is 23.1 Å². The molecular weight excluding hydrogens is 244 g/mol. The molecule has 2 aromatic rings. The van der Waals surface area contributed by atoms with Gasteiger partial charge in [0.25, 0.3) is 6.01 Å². The van der Waals surface area contributed by atoms with E-state index in [0.29, 0.717) is 17.1 Å². The lowest BCUT2D eigenvalue weighted by Crippen LogP contribution is -2.23. The quantitative estimate of drug-likeness (QED) is 0.866. The van der Waals surface area contributed by atoms with Crippen LogP contribution in [0.5, 0.6) is 0 Å². The molecule has 0 amide bonds. The fourth-order valence-electron chi connectivity index (χ4n) is 1.92. The highest BCUT2D eigenvalue weighted by molar-refractivity contribution is 5.92. The molecule has 0 bridgehead atoms. The van der Waals surface area contributed by atoms with Crippen LogP contribution in [-0.4, -0.2) is 29.1 Å². The maximum Gasteiger partial charge on any atom is 0.335 e. The third-order valence-electron chi connectivity index (χ3n) is 3.06. The molecule has 2 rings (SSSR count). The van der Waals surface area contributed by atoms with E-state index in [-0.39, 0.29) is 5.56 Å². The van der Waals surface area contributed by atoms with E-state index < -0.39 is 5.97 Å². The summed E-state index contributed by atoms with van der Waals surface area (Å²) in [4.78, 5) is 17.4. The summed E-state index contributed by atoms with van der Waals surface area (Å²) in [5.41, 5.74) is 1.42. The average molecular weight is 262 g/mol. The summed E-state index contributed by atoms with van der Waals surface area (Å²) in [5.74, 6) is -0.960. The van der Waals surface area contributed by atoms with Crippen molar-refractivity contribution in [2.24, 2.45) is 0 Å². The Balaban J connectivity index is 2.31. The number of benzene rings is 1. The van der Waals surface area contributed by atoms with Gasteiger partial charge in [0, 0.05) is 13.1 Å². The number of carboxylic acids is 1. The van der Waals surface area contributed by atoms with Crippen molar-refractivity contribution in [3.63, 3.8) is 0 Å². The van der Waals surface area contributed by atoms with Crippen molar-refractivity contribution in [3.8, 4) is 0 Å². The highest BCUT2D eigenvalue weighted by Crippen LogP contribution is 2.23. The first-order valence-corrected chi connectivity index (χ1v) is 6.54. The number of unbranched alkanes of at least 4 members (excludes halogenated alkanes) is 1. The predicted octanol–water partition coefficient (Wildman–Crippen LogP) is 3.15. The lowest BCUT2D eigenvalue weighted by molar-refractivity contribution is 0.0697. The topological polar surface area (TPSA) is 66.6 Å². The minimum atomic E-state index is -0.960. The van der Waals surface area contributed by atoms with Crippen LogP contribution in [0.1, 0.15) is 37.0 Å². The number of fused-ring (bicyclic) bond motifs is 1. The minimum Gasteiger partial charge on any atom is -0.478 e. The molecule has 0 radical (unpaired) electrons. The van der Waals surface area contributed by atoms with Crippen molar-refractivity contribution in [1.82, 2.24) is 4.98 Å². The van der Waals surface area contributed by atoms with Crippen molar-refractivity contribution in [3.05, 3.63) is 23.8 Å². The summed E-state index contributed by atoms with van der Waals surface area (Å²) in [6, 6.07) is 5.30. The molecule has 0 saturated heterocycles. The number of hydrogen-bond acceptors (Lipinski definition) is 4. The van der Waals surface area contributed by atoms with Gasteiger partial charge in [0.15, 0.2) is 5.58 Å². The Hall–Kier alpha value is -2.04. The van der Waals surface area contributed by atoms with Crippen LogP contribution in [0.25, 0.3) is 11.1 Å². The minimum absolute atomic E-state index is 0.215. The molecular formula is C14H18N2O3. The van der Waals surface area contributed by atoms with Crippen LogP contribution in [-0.2, 0) is 0 Å². The number of anilines is 1. The Labute approximate surface area is 111 Å². The molecule has 102 valence electrons. The number of aromatic nitrogens is 1. The molecule has 5 heteroatoms. The molecule has 1 aromatic heterocycles. The smallest absolute Gasteiger partial charge is 0.335 e. The van der Waals surface area contributed by atoms with Gasteiger partial charge < -0.3 is 14.4 Å². The Morgan fingerprint density at radius 2 is 2.21 bits per heavy atom. The number of hydrogen-bond donors (Lipinski definition) is 1. The summed E-state index contributed by atoms with van der Waals surface area (Å²) in [6.07, 6.45) is 2.19. The lowest BCUT2D eigenvalue weighted by Gasteiger charge is -2.17. The Morgan fingerprint density at radius 1 is 1.42 bits per heavy atom. The third kappa shape index (κ3) is 2.86. The van der Waals surface area contributed by atoms with Crippen LogP contribution in [0.2, 0.25) is 0 Å². The van der Waals surface area contributed by atoms with E-state index in [9.17, 15) is 4.79 Å². The number of carboxylic acid groups (broad SMARTS) is 1. The second-order valence-corrected chi connectivity index (χ2v) is 4.42. The monoisotopic (exact) mass is 262 g/mol. The fraction of sp³-hybridized carbons (Fsp3) is 0.429. The summed E-state index contributed by atoms with van der Waals surface area (Å²) >= 11 is 0. The number of oxazole rings is 1. The average Bonchev–Trinajstić information content (AvgIpc) is 2.82. The maximum absolute atomic E-state index is 10.9. The van der Waals surface area contributed by atoms with E-state index >= 15 is 0 Å². The third-order valence-corrected chi connectivity index (χ3v) is 3.06.